The largest absolute Gasteiger partial charge is 0.342 e. The number of carbonyl (C=O) groups is 1. The van der Waals surface area contributed by atoms with Crippen molar-refractivity contribution in [3.8, 4) is 0 Å². The maximum absolute atomic E-state index is 11.4. The van der Waals surface area contributed by atoms with Crippen molar-refractivity contribution in [3.05, 3.63) is 0 Å². The first-order chi connectivity index (χ1) is 5.84. The number of hydrogen-bond donors (Lipinski definition) is 0. The quantitative estimate of drug-likeness (QED) is 0.641. The molecule has 0 atom stereocenters. The molecule has 0 radical (unpaired) electrons. The molecule has 2 nitrogen and oxygen atoms in total. The molecule has 1 aliphatic rings. The highest BCUT2D eigenvalue weighted by Crippen LogP contribution is 2.10. The lowest BCUT2D eigenvalue weighted by Gasteiger charge is -2.19. The van der Waals surface area contributed by atoms with E-state index in [0.29, 0.717) is 12.3 Å². The molecule has 4 heteroatoms. The molecule has 12 heavy (non-hydrogen) atoms. The van der Waals surface area contributed by atoms with Crippen molar-refractivity contribution < 1.29 is 4.79 Å². The molecular formula is C8H14ClNOS. The highest BCUT2D eigenvalue weighted by atomic mass is 35.5. The molecule has 0 unspecified atom stereocenters. The number of alkyl halides is 1. The van der Waals surface area contributed by atoms with Gasteiger partial charge in [-0.1, -0.05) is 0 Å². The molecule has 1 fully saturated rings. The van der Waals surface area contributed by atoms with Gasteiger partial charge in [0.05, 0.1) is 0 Å². The van der Waals surface area contributed by atoms with Crippen LogP contribution in [0.25, 0.3) is 0 Å². The first-order valence-electron chi connectivity index (χ1n) is 4.26. The summed E-state index contributed by atoms with van der Waals surface area (Å²) in [6.07, 6.45) is 1.62. The summed E-state index contributed by atoms with van der Waals surface area (Å²) in [4.78, 5) is 13.3. The van der Waals surface area contributed by atoms with E-state index >= 15 is 0 Å². The Balaban J connectivity index is 2.32. The van der Waals surface area contributed by atoms with E-state index < -0.39 is 0 Å². The molecule has 1 aliphatic heterocycles. The summed E-state index contributed by atoms with van der Waals surface area (Å²) in [7, 11) is 0. The molecule has 1 heterocycles. The number of halogens is 1. The number of amides is 1. The van der Waals surface area contributed by atoms with Crippen molar-refractivity contribution in [3.63, 3.8) is 0 Å². The summed E-state index contributed by atoms with van der Waals surface area (Å²) in [5, 5.41) is 0. The SMILES string of the molecule is O=C(CCCl)N1CCCSCC1. The summed E-state index contributed by atoms with van der Waals surface area (Å²) >= 11 is 7.43. The minimum absolute atomic E-state index is 0.215. The predicted octanol–water partition coefficient (Wildman–Crippen LogP) is 1.58. The third-order valence-electron chi connectivity index (χ3n) is 1.88. The second kappa shape index (κ2) is 5.70. The Morgan fingerprint density at radius 1 is 1.42 bits per heavy atom. The van der Waals surface area contributed by atoms with E-state index in [-0.39, 0.29) is 5.91 Å². The van der Waals surface area contributed by atoms with E-state index in [4.69, 9.17) is 11.6 Å². The average Bonchev–Trinajstić information content (AvgIpc) is 2.32. The number of thioether (sulfide) groups is 1. The highest BCUT2D eigenvalue weighted by Gasteiger charge is 2.14. The lowest BCUT2D eigenvalue weighted by molar-refractivity contribution is -0.130. The molecule has 0 aromatic carbocycles. The maximum atomic E-state index is 11.4. The lowest BCUT2D eigenvalue weighted by atomic mass is 10.3. The second-order valence-electron chi connectivity index (χ2n) is 2.79. The third-order valence-corrected chi connectivity index (χ3v) is 3.12. The molecule has 1 rings (SSSR count). The zero-order valence-electron chi connectivity index (χ0n) is 7.09. The van der Waals surface area contributed by atoms with Crippen molar-refractivity contribution in [2.75, 3.05) is 30.5 Å². The van der Waals surface area contributed by atoms with Crippen LogP contribution in [0.4, 0.5) is 0 Å². The Hall–Kier alpha value is 0.110. The standard InChI is InChI=1S/C8H14ClNOS/c9-3-2-8(11)10-4-1-6-12-7-5-10/h1-7H2. The molecule has 0 aromatic rings. The monoisotopic (exact) mass is 207 g/mol. The van der Waals surface area contributed by atoms with Gasteiger partial charge in [-0.2, -0.15) is 11.8 Å². The molecule has 0 bridgehead atoms. The van der Waals surface area contributed by atoms with E-state index in [1.165, 1.54) is 5.75 Å². The summed E-state index contributed by atoms with van der Waals surface area (Å²) in [6.45, 7) is 1.82. The number of hydrogen-bond acceptors (Lipinski definition) is 2. The van der Waals surface area contributed by atoms with Gasteiger partial charge in [-0.3, -0.25) is 4.79 Å². The number of nitrogens with zero attached hydrogens (tertiary/aromatic N) is 1. The minimum atomic E-state index is 0.215. The van der Waals surface area contributed by atoms with Crippen LogP contribution in [0, 0.1) is 0 Å². The van der Waals surface area contributed by atoms with Gasteiger partial charge in [-0.25, -0.2) is 0 Å². The Kier molecular flexibility index (Phi) is 4.84. The molecule has 0 spiro atoms. The number of rotatable bonds is 2. The first kappa shape index (κ1) is 10.2. The summed E-state index contributed by atoms with van der Waals surface area (Å²) in [5.74, 6) is 2.92. The third kappa shape index (κ3) is 3.23. The van der Waals surface area contributed by atoms with Crippen molar-refractivity contribution in [1.82, 2.24) is 4.90 Å². The van der Waals surface area contributed by atoms with E-state index in [1.807, 2.05) is 16.7 Å². The van der Waals surface area contributed by atoms with Gasteiger partial charge in [0, 0.05) is 31.1 Å². The van der Waals surface area contributed by atoms with Gasteiger partial charge < -0.3 is 4.90 Å². The van der Waals surface area contributed by atoms with Crippen molar-refractivity contribution in [2.24, 2.45) is 0 Å². The second-order valence-corrected chi connectivity index (χ2v) is 4.39. The van der Waals surface area contributed by atoms with Crippen LogP contribution in [0.1, 0.15) is 12.8 Å². The molecule has 0 aliphatic carbocycles. The summed E-state index contributed by atoms with van der Waals surface area (Å²) < 4.78 is 0. The van der Waals surface area contributed by atoms with Crippen molar-refractivity contribution in [2.45, 2.75) is 12.8 Å². The van der Waals surface area contributed by atoms with Gasteiger partial charge >= 0.3 is 0 Å². The van der Waals surface area contributed by atoms with Crippen LogP contribution in [-0.2, 0) is 4.79 Å². The van der Waals surface area contributed by atoms with Gasteiger partial charge in [0.1, 0.15) is 0 Å². The summed E-state index contributed by atoms with van der Waals surface area (Å²) in [5.41, 5.74) is 0. The van der Waals surface area contributed by atoms with Crippen molar-refractivity contribution in [1.29, 1.82) is 0 Å². The fraction of sp³-hybridized carbons (Fsp3) is 0.875. The Labute approximate surface area is 82.6 Å². The first-order valence-corrected chi connectivity index (χ1v) is 5.95. The zero-order valence-corrected chi connectivity index (χ0v) is 8.66. The fourth-order valence-corrected chi connectivity index (χ4v) is 2.28. The van der Waals surface area contributed by atoms with E-state index in [0.717, 1.165) is 25.3 Å². The summed E-state index contributed by atoms with van der Waals surface area (Å²) in [6, 6.07) is 0. The zero-order chi connectivity index (χ0) is 8.81. The van der Waals surface area contributed by atoms with E-state index in [2.05, 4.69) is 0 Å². The molecular weight excluding hydrogens is 194 g/mol. The van der Waals surface area contributed by atoms with Crippen LogP contribution in [0.5, 0.6) is 0 Å². The van der Waals surface area contributed by atoms with E-state index in [1.54, 1.807) is 0 Å². The fourth-order valence-electron chi connectivity index (χ4n) is 1.23. The topological polar surface area (TPSA) is 20.3 Å². The smallest absolute Gasteiger partial charge is 0.223 e. The average molecular weight is 208 g/mol. The molecule has 0 saturated carbocycles. The van der Waals surface area contributed by atoms with Gasteiger partial charge in [0.2, 0.25) is 5.91 Å². The van der Waals surface area contributed by atoms with Crippen molar-refractivity contribution >= 4 is 29.3 Å². The van der Waals surface area contributed by atoms with Crippen LogP contribution in [0.15, 0.2) is 0 Å². The van der Waals surface area contributed by atoms with Crippen LogP contribution in [0.3, 0.4) is 0 Å². The lowest BCUT2D eigenvalue weighted by Crippen LogP contribution is -2.32. The minimum Gasteiger partial charge on any atom is -0.342 e. The van der Waals surface area contributed by atoms with Gasteiger partial charge in [0.15, 0.2) is 0 Å². The predicted molar refractivity (Wildman–Crippen MR) is 53.9 cm³/mol. The number of carbonyl (C=O) groups excluding carboxylic acids is 1. The molecule has 0 aromatic heterocycles. The van der Waals surface area contributed by atoms with Gasteiger partial charge in [-0.05, 0) is 12.2 Å². The van der Waals surface area contributed by atoms with Crippen LogP contribution >= 0.6 is 23.4 Å². The Bertz CT molecular complexity index is 146. The van der Waals surface area contributed by atoms with E-state index in [9.17, 15) is 4.79 Å². The molecule has 70 valence electrons. The Morgan fingerprint density at radius 2 is 2.25 bits per heavy atom. The van der Waals surface area contributed by atoms with Crippen LogP contribution in [0.2, 0.25) is 0 Å². The maximum Gasteiger partial charge on any atom is 0.223 e. The normalized spacial score (nSPS) is 18.9. The van der Waals surface area contributed by atoms with Gasteiger partial charge in [-0.15, -0.1) is 11.6 Å². The molecule has 1 amide bonds. The van der Waals surface area contributed by atoms with Gasteiger partial charge in [0.25, 0.3) is 0 Å². The molecule has 1 saturated heterocycles. The highest BCUT2D eigenvalue weighted by molar-refractivity contribution is 7.99. The Morgan fingerprint density at radius 3 is 3.00 bits per heavy atom. The van der Waals surface area contributed by atoms with Crippen LogP contribution in [-0.4, -0.2) is 41.3 Å². The van der Waals surface area contributed by atoms with Crippen LogP contribution < -0.4 is 0 Å². The molecule has 0 N–H and O–H groups in total.